The molecule has 88 valence electrons. The van der Waals surface area contributed by atoms with E-state index in [0.29, 0.717) is 11.0 Å². The van der Waals surface area contributed by atoms with Crippen LogP contribution in [0.15, 0.2) is 45.8 Å². The summed E-state index contributed by atoms with van der Waals surface area (Å²) in [5, 5.41) is 10.1. The van der Waals surface area contributed by atoms with Gasteiger partial charge in [-0.05, 0) is 31.5 Å². The highest BCUT2D eigenvalue weighted by Crippen LogP contribution is 2.15. The van der Waals surface area contributed by atoms with Gasteiger partial charge in [-0.2, -0.15) is 0 Å². The number of aliphatic hydroxyl groups is 1. The average Bonchev–Trinajstić information content (AvgIpc) is 2.26. The van der Waals surface area contributed by atoms with E-state index in [4.69, 9.17) is 4.42 Å². The second-order valence-corrected chi connectivity index (χ2v) is 4.53. The van der Waals surface area contributed by atoms with Gasteiger partial charge in [0, 0.05) is 6.07 Å². The van der Waals surface area contributed by atoms with Crippen molar-refractivity contribution in [3.8, 4) is 0 Å². The van der Waals surface area contributed by atoms with Gasteiger partial charge in [0.25, 0.3) is 0 Å². The Labute approximate surface area is 99.0 Å². The van der Waals surface area contributed by atoms with E-state index in [1.807, 2.05) is 6.07 Å². The third-order valence-corrected chi connectivity index (χ3v) is 2.37. The van der Waals surface area contributed by atoms with Crippen LogP contribution in [-0.2, 0) is 0 Å². The first kappa shape index (κ1) is 11.6. The molecule has 0 amide bonds. The summed E-state index contributed by atoms with van der Waals surface area (Å²) in [4.78, 5) is 11.6. The summed E-state index contributed by atoms with van der Waals surface area (Å²) in [6, 6.07) is 6.74. The van der Waals surface area contributed by atoms with Crippen molar-refractivity contribution < 1.29 is 9.52 Å². The Balaban J connectivity index is 2.48. The maximum Gasteiger partial charge on any atom is 0.192 e. The molecule has 1 aromatic carbocycles. The first-order chi connectivity index (χ1) is 7.96. The molecule has 0 bridgehead atoms. The number of hydrogen-bond donors (Lipinski definition) is 1. The summed E-state index contributed by atoms with van der Waals surface area (Å²) in [7, 11) is 0. The molecule has 0 saturated carbocycles. The Morgan fingerprint density at radius 3 is 2.76 bits per heavy atom. The number of rotatable bonds is 2. The Bertz CT molecular complexity index is 615. The summed E-state index contributed by atoms with van der Waals surface area (Å²) in [6.45, 7) is 3.39. The molecule has 1 aromatic heterocycles. The van der Waals surface area contributed by atoms with Crippen molar-refractivity contribution in [2.24, 2.45) is 0 Å². The predicted octanol–water partition coefficient (Wildman–Crippen LogP) is 2.58. The van der Waals surface area contributed by atoms with Gasteiger partial charge in [0.1, 0.15) is 5.58 Å². The van der Waals surface area contributed by atoms with Crippen molar-refractivity contribution in [3.05, 3.63) is 52.4 Å². The lowest BCUT2D eigenvalue weighted by Crippen LogP contribution is -2.13. The van der Waals surface area contributed by atoms with Crippen molar-refractivity contribution in [1.82, 2.24) is 0 Å². The first-order valence-corrected chi connectivity index (χ1v) is 5.39. The highest BCUT2D eigenvalue weighted by atomic mass is 16.3. The van der Waals surface area contributed by atoms with Crippen LogP contribution in [-0.4, -0.2) is 10.7 Å². The van der Waals surface area contributed by atoms with E-state index >= 15 is 0 Å². The van der Waals surface area contributed by atoms with Gasteiger partial charge in [0.05, 0.1) is 17.3 Å². The van der Waals surface area contributed by atoms with Gasteiger partial charge in [-0.25, -0.2) is 0 Å². The van der Waals surface area contributed by atoms with Crippen molar-refractivity contribution in [2.45, 2.75) is 19.4 Å². The molecule has 0 atom stereocenters. The molecule has 3 heteroatoms. The average molecular weight is 230 g/mol. The third-order valence-electron chi connectivity index (χ3n) is 2.37. The van der Waals surface area contributed by atoms with E-state index in [9.17, 15) is 9.90 Å². The molecule has 0 fully saturated rings. The Hall–Kier alpha value is -1.87. The topological polar surface area (TPSA) is 50.4 Å². The van der Waals surface area contributed by atoms with Gasteiger partial charge >= 0.3 is 0 Å². The lowest BCUT2D eigenvalue weighted by molar-refractivity contribution is 0.134. The smallest absolute Gasteiger partial charge is 0.192 e. The van der Waals surface area contributed by atoms with E-state index in [1.165, 1.54) is 12.3 Å². The fraction of sp³-hybridized carbons (Fsp3) is 0.214. The number of hydrogen-bond acceptors (Lipinski definition) is 3. The molecule has 0 aliphatic heterocycles. The predicted molar refractivity (Wildman–Crippen MR) is 67.8 cm³/mol. The fourth-order valence-electron chi connectivity index (χ4n) is 1.51. The van der Waals surface area contributed by atoms with Crippen LogP contribution in [0.25, 0.3) is 17.0 Å². The molecule has 2 aromatic rings. The lowest BCUT2D eigenvalue weighted by atomic mass is 10.1. The molecule has 0 spiro atoms. The van der Waals surface area contributed by atoms with Crippen LogP contribution in [0.5, 0.6) is 0 Å². The largest absolute Gasteiger partial charge is 0.464 e. The number of fused-ring (bicyclic) bond motifs is 1. The van der Waals surface area contributed by atoms with Crippen LogP contribution in [0.4, 0.5) is 0 Å². The van der Waals surface area contributed by atoms with Crippen molar-refractivity contribution in [3.63, 3.8) is 0 Å². The SMILES string of the molecule is CC(C)(O)/C=C/c1ccc2occc(=O)c2c1. The van der Waals surface area contributed by atoms with Crippen molar-refractivity contribution in [2.75, 3.05) is 0 Å². The van der Waals surface area contributed by atoms with Gasteiger partial charge in [-0.1, -0.05) is 18.2 Å². The Morgan fingerprint density at radius 2 is 2.06 bits per heavy atom. The van der Waals surface area contributed by atoms with Gasteiger partial charge in [0.2, 0.25) is 0 Å². The van der Waals surface area contributed by atoms with E-state index in [0.717, 1.165) is 5.56 Å². The minimum atomic E-state index is -0.865. The molecular weight excluding hydrogens is 216 g/mol. The molecule has 0 saturated heterocycles. The Morgan fingerprint density at radius 1 is 1.29 bits per heavy atom. The zero-order valence-corrected chi connectivity index (χ0v) is 9.81. The zero-order chi connectivity index (χ0) is 12.5. The highest BCUT2D eigenvalue weighted by molar-refractivity contribution is 5.79. The standard InChI is InChI=1S/C14H14O3/c1-14(2,16)7-5-10-3-4-13-11(9-10)12(15)6-8-17-13/h3-9,16H,1-2H3/b7-5+. The van der Waals surface area contributed by atoms with Gasteiger partial charge in [-0.3, -0.25) is 4.79 Å². The second kappa shape index (κ2) is 4.18. The molecule has 2 rings (SSSR count). The molecule has 0 aliphatic rings. The van der Waals surface area contributed by atoms with Crippen molar-refractivity contribution >= 4 is 17.0 Å². The van der Waals surface area contributed by atoms with E-state index in [1.54, 1.807) is 38.1 Å². The van der Waals surface area contributed by atoms with E-state index in [2.05, 4.69) is 0 Å². The summed E-state index contributed by atoms with van der Waals surface area (Å²) in [6.07, 6.45) is 4.85. The van der Waals surface area contributed by atoms with Gasteiger partial charge < -0.3 is 9.52 Å². The molecule has 0 aliphatic carbocycles. The molecule has 3 nitrogen and oxygen atoms in total. The monoisotopic (exact) mass is 230 g/mol. The minimum Gasteiger partial charge on any atom is -0.464 e. The summed E-state index contributed by atoms with van der Waals surface area (Å²) >= 11 is 0. The maximum atomic E-state index is 11.6. The van der Waals surface area contributed by atoms with E-state index in [-0.39, 0.29) is 5.43 Å². The Kier molecular flexibility index (Phi) is 2.86. The maximum absolute atomic E-state index is 11.6. The molecule has 1 N–H and O–H groups in total. The van der Waals surface area contributed by atoms with E-state index < -0.39 is 5.60 Å². The zero-order valence-electron chi connectivity index (χ0n) is 9.81. The van der Waals surface area contributed by atoms with Gasteiger partial charge in [0.15, 0.2) is 5.43 Å². The van der Waals surface area contributed by atoms with Crippen LogP contribution >= 0.6 is 0 Å². The fourth-order valence-corrected chi connectivity index (χ4v) is 1.51. The molecular formula is C14H14O3. The molecule has 1 heterocycles. The van der Waals surface area contributed by atoms with Crippen LogP contribution in [0.3, 0.4) is 0 Å². The molecule has 0 radical (unpaired) electrons. The molecule has 17 heavy (non-hydrogen) atoms. The van der Waals surface area contributed by atoms with Crippen LogP contribution in [0, 0.1) is 0 Å². The summed E-state index contributed by atoms with van der Waals surface area (Å²) in [5.74, 6) is 0. The van der Waals surface area contributed by atoms with Crippen molar-refractivity contribution in [1.29, 1.82) is 0 Å². The first-order valence-electron chi connectivity index (χ1n) is 5.39. The van der Waals surface area contributed by atoms with Crippen LogP contribution < -0.4 is 5.43 Å². The third kappa shape index (κ3) is 2.82. The normalized spacial score (nSPS) is 12.4. The van der Waals surface area contributed by atoms with Gasteiger partial charge in [-0.15, -0.1) is 0 Å². The lowest BCUT2D eigenvalue weighted by Gasteiger charge is -2.09. The summed E-state index contributed by atoms with van der Waals surface area (Å²) in [5.41, 5.74) is 0.497. The minimum absolute atomic E-state index is 0.0650. The van der Waals surface area contributed by atoms with Crippen LogP contribution in [0.1, 0.15) is 19.4 Å². The molecule has 0 unspecified atom stereocenters. The quantitative estimate of drug-likeness (QED) is 0.862. The summed E-state index contributed by atoms with van der Waals surface area (Å²) < 4.78 is 5.22. The number of benzene rings is 1. The van der Waals surface area contributed by atoms with Crippen LogP contribution in [0.2, 0.25) is 0 Å². The highest BCUT2D eigenvalue weighted by Gasteiger charge is 2.06. The second-order valence-electron chi connectivity index (χ2n) is 4.53.